The number of thiophene rings is 1. The van der Waals surface area contributed by atoms with E-state index in [-0.39, 0.29) is 11.3 Å². The Labute approximate surface area is 130 Å². The van der Waals surface area contributed by atoms with Crippen molar-refractivity contribution in [2.45, 2.75) is 59.3 Å². The van der Waals surface area contributed by atoms with E-state index in [1.165, 1.54) is 22.6 Å². The first-order valence-electron chi connectivity index (χ1n) is 7.52. The molecule has 1 aliphatic rings. The predicted octanol–water partition coefficient (Wildman–Crippen LogP) is 3.49. The van der Waals surface area contributed by atoms with Crippen molar-refractivity contribution >= 4 is 28.2 Å². The summed E-state index contributed by atoms with van der Waals surface area (Å²) in [5.74, 6) is -0.484. The van der Waals surface area contributed by atoms with Crippen molar-refractivity contribution in [2.24, 2.45) is 11.1 Å². The van der Waals surface area contributed by atoms with E-state index >= 15 is 0 Å². The number of aryl methyl sites for hydroxylation is 1. The summed E-state index contributed by atoms with van der Waals surface area (Å²) in [4.78, 5) is 25.2. The van der Waals surface area contributed by atoms with Gasteiger partial charge in [0.15, 0.2) is 0 Å². The highest BCUT2D eigenvalue weighted by atomic mass is 32.1. The number of carbonyl (C=O) groups excluding carboxylic acids is 2. The van der Waals surface area contributed by atoms with E-state index in [0.717, 1.165) is 31.2 Å². The Morgan fingerprint density at radius 1 is 1.19 bits per heavy atom. The van der Waals surface area contributed by atoms with Crippen LogP contribution in [-0.2, 0) is 17.6 Å². The molecule has 1 heterocycles. The van der Waals surface area contributed by atoms with Crippen molar-refractivity contribution in [1.29, 1.82) is 0 Å². The standard InChI is InChI=1S/C16H24N2O2S/c1-16(2,3)9-12(19)18-15-13(14(17)20)10-7-5-4-6-8-11(10)21-15/h4-9H2,1-3H3,(H2,17,20)(H,18,19). The van der Waals surface area contributed by atoms with Gasteiger partial charge < -0.3 is 11.1 Å². The minimum atomic E-state index is -0.430. The van der Waals surface area contributed by atoms with Gasteiger partial charge in [0, 0.05) is 11.3 Å². The highest BCUT2D eigenvalue weighted by molar-refractivity contribution is 7.17. The van der Waals surface area contributed by atoms with Crippen molar-refractivity contribution in [3.63, 3.8) is 0 Å². The zero-order valence-electron chi connectivity index (χ0n) is 13.0. The van der Waals surface area contributed by atoms with Gasteiger partial charge >= 0.3 is 0 Å². The van der Waals surface area contributed by atoms with E-state index in [0.29, 0.717) is 17.0 Å². The summed E-state index contributed by atoms with van der Waals surface area (Å²) in [5, 5.41) is 3.55. The summed E-state index contributed by atoms with van der Waals surface area (Å²) in [5.41, 5.74) is 7.08. The van der Waals surface area contributed by atoms with Crippen molar-refractivity contribution in [3.8, 4) is 0 Å². The van der Waals surface area contributed by atoms with Gasteiger partial charge in [-0.1, -0.05) is 27.2 Å². The zero-order valence-corrected chi connectivity index (χ0v) is 13.9. The van der Waals surface area contributed by atoms with Crippen LogP contribution in [0, 0.1) is 5.41 Å². The molecule has 1 aliphatic carbocycles. The summed E-state index contributed by atoms with van der Waals surface area (Å²) in [6.07, 6.45) is 5.70. The molecule has 116 valence electrons. The van der Waals surface area contributed by atoms with Gasteiger partial charge in [0.25, 0.3) is 5.91 Å². The first-order valence-corrected chi connectivity index (χ1v) is 8.34. The van der Waals surface area contributed by atoms with Crippen LogP contribution >= 0.6 is 11.3 Å². The number of hydrogen-bond donors (Lipinski definition) is 2. The van der Waals surface area contributed by atoms with Gasteiger partial charge in [0.2, 0.25) is 5.91 Å². The first kappa shape index (κ1) is 16.0. The second kappa shape index (κ2) is 6.18. The maximum absolute atomic E-state index is 12.1. The summed E-state index contributed by atoms with van der Waals surface area (Å²) >= 11 is 1.53. The lowest BCUT2D eigenvalue weighted by Crippen LogP contribution is -2.21. The summed E-state index contributed by atoms with van der Waals surface area (Å²) in [6.45, 7) is 6.06. The molecule has 1 aromatic heterocycles. The van der Waals surface area contributed by atoms with Crippen LogP contribution in [0.1, 0.15) is 67.3 Å². The number of carbonyl (C=O) groups is 2. The van der Waals surface area contributed by atoms with Crippen LogP contribution in [0.4, 0.5) is 5.00 Å². The third kappa shape index (κ3) is 4.06. The molecule has 4 nitrogen and oxygen atoms in total. The van der Waals surface area contributed by atoms with Gasteiger partial charge in [-0.2, -0.15) is 0 Å². The molecule has 3 N–H and O–H groups in total. The maximum atomic E-state index is 12.1. The zero-order chi connectivity index (χ0) is 15.6. The fourth-order valence-corrected chi connectivity index (χ4v) is 4.05. The lowest BCUT2D eigenvalue weighted by atomic mass is 9.92. The van der Waals surface area contributed by atoms with E-state index in [4.69, 9.17) is 5.73 Å². The van der Waals surface area contributed by atoms with Crippen molar-refractivity contribution in [2.75, 3.05) is 5.32 Å². The number of nitrogens with two attached hydrogens (primary N) is 1. The lowest BCUT2D eigenvalue weighted by Gasteiger charge is -2.17. The van der Waals surface area contributed by atoms with Crippen LogP contribution in [0.3, 0.4) is 0 Å². The Kier molecular flexibility index (Phi) is 4.71. The molecule has 0 bridgehead atoms. The number of rotatable bonds is 3. The molecule has 0 saturated carbocycles. The smallest absolute Gasteiger partial charge is 0.251 e. The van der Waals surface area contributed by atoms with E-state index in [1.54, 1.807) is 0 Å². The molecule has 0 aromatic carbocycles. The Morgan fingerprint density at radius 3 is 2.48 bits per heavy atom. The molecular weight excluding hydrogens is 284 g/mol. The number of primary amides is 1. The number of anilines is 1. The Balaban J connectivity index is 2.27. The summed E-state index contributed by atoms with van der Waals surface area (Å²) < 4.78 is 0. The quantitative estimate of drug-likeness (QED) is 0.839. The number of nitrogens with one attached hydrogen (secondary N) is 1. The molecular formula is C16H24N2O2S. The van der Waals surface area contributed by atoms with Crippen LogP contribution < -0.4 is 11.1 Å². The van der Waals surface area contributed by atoms with Crippen LogP contribution in [0.25, 0.3) is 0 Å². The average Bonchev–Trinajstić information content (AvgIpc) is 2.50. The minimum Gasteiger partial charge on any atom is -0.365 e. The predicted molar refractivity (Wildman–Crippen MR) is 86.8 cm³/mol. The molecule has 5 heteroatoms. The van der Waals surface area contributed by atoms with Crippen LogP contribution in [0.5, 0.6) is 0 Å². The van der Waals surface area contributed by atoms with Gasteiger partial charge in [0.05, 0.1) is 5.56 Å². The van der Waals surface area contributed by atoms with E-state index in [1.807, 2.05) is 20.8 Å². The average molecular weight is 308 g/mol. The first-order chi connectivity index (χ1) is 9.78. The van der Waals surface area contributed by atoms with Gasteiger partial charge in [-0.05, 0) is 36.7 Å². The van der Waals surface area contributed by atoms with Gasteiger partial charge in [0.1, 0.15) is 5.00 Å². The second-order valence-corrected chi connectivity index (χ2v) is 8.02. The minimum absolute atomic E-state index is 0.0543. The number of amides is 2. The highest BCUT2D eigenvalue weighted by Crippen LogP contribution is 2.37. The lowest BCUT2D eigenvalue weighted by molar-refractivity contribution is -0.117. The summed E-state index contributed by atoms with van der Waals surface area (Å²) in [6, 6.07) is 0. The van der Waals surface area contributed by atoms with Crippen molar-refractivity contribution in [3.05, 3.63) is 16.0 Å². The molecule has 0 fully saturated rings. The van der Waals surface area contributed by atoms with E-state index in [2.05, 4.69) is 5.32 Å². The third-order valence-corrected chi connectivity index (χ3v) is 4.82. The normalized spacial score (nSPS) is 15.2. The van der Waals surface area contributed by atoms with E-state index in [9.17, 15) is 9.59 Å². The highest BCUT2D eigenvalue weighted by Gasteiger charge is 2.25. The fraction of sp³-hybridized carbons (Fsp3) is 0.625. The topological polar surface area (TPSA) is 72.2 Å². The maximum Gasteiger partial charge on any atom is 0.251 e. The van der Waals surface area contributed by atoms with Gasteiger partial charge in [-0.15, -0.1) is 11.3 Å². The molecule has 0 saturated heterocycles. The molecule has 21 heavy (non-hydrogen) atoms. The van der Waals surface area contributed by atoms with Crippen molar-refractivity contribution in [1.82, 2.24) is 0 Å². The van der Waals surface area contributed by atoms with Gasteiger partial charge in [-0.25, -0.2) is 0 Å². The molecule has 0 unspecified atom stereocenters. The summed E-state index contributed by atoms with van der Waals surface area (Å²) in [7, 11) is 0. The van der Waals surface area contributed by atoms with Crippen LogP contribution in [-0.4, -0.2) is 11.8 Å². The number of hydrogen-bond acceptors (Lipinski definition) is 3. The molecule has 0 atom stereocenters. The monoisotopic (exact) mass is 308 g/mol. The fourth-order valence-electron chi connectivity index (χ4n) is 2.74. The van der Waals surface area contributed by atoms with Crippen molar-refractivity contribution < 1.29 is 9.59 Å². The largest absolute Gasteiger partial charge is 0.365 e. The molecule has 1 aromatic rings. The SMILES string of the molecule is CC(C)(C)CC(=O)Nc1sc2c(c1C(N)=O)CCCCC2. The Bertz CT molecular complexity index is 555. The van der Waals surface area contributed by atoms with Crippen LogP contribution in [0.15, 0.2) is 0 Å². The molecule has 0 aliphatic heterocycles. The van der Waals surface area contributed by atoms with Crippen LogP contribution in [0.2, 0.25) is 0 Å². The third-order valence-electron chi connectivity index (χ3n) is 3.61. The Hall–Kier alpha value is -1.36. The molecule has 0 spiro atoms. The van der Waals surface area contributed by atoms with Gasteiger partial charge in [-0.3, -0.25) is 9.59 Å². The second-order valence-electron chi connectivity index (χ2n) is 6.92. The molecule has 0 radical (unpaired) electrons. The van der Waals surface area contributed by atoms with E-state index < -0.39 is 5.91 Å². The molecule has 2 amide bonds. The molecule has 2 rings (SSSR count). The number of fused-ring (bicyclic) bond motifs is 1. The Morgan fingerprint density at radius 2 is 1.86 bits per heavy atom.